The maximum Gasteiger partial charge on any atom is 0.267 e. The van der Waals surface area contributed by atoms with Crippen molar-refractivity contribution in [2.75, 3.05) is 62.6 Å². The van der Waals surface area contributed by atoms with Gasteiger partial charge >= 0.3 is 0 Å². The van der Waals surface area contributed by atoms with Gasteiger partial charge in [-0.3, -0.25) is 14.4 Å². The molecule has 5 rings (SSSR count). The van der Waals surface area contributed by atoms with Crippen LogP contribution in [0, 0.1) is 6.92 Å². The van der Waals surface area contributed by atoms with Crippen molar-refractivity contribution in [1.29, 1.82) is 0 Å². The highest BCUT2D eigenvalue weighted by molar-refractivity contribution is 7.07. The summed E-state index contributed by atoms with van der Waals surface area (Å²) in [5.74, 6) is -0.332. The van der Waals surface area contributed by atoms with Gasteiger partial charge in [0.05, 0.1) is 17.1 Å². The summed E-state index contributed by atoms with van der Waals surface area (Å²) in [7, 11) is 0. The molecule has 0 spiro atoms. The molecule has 0 atom stereocenters. The van der Waals surface area contributed by atoms with Crippen LogP contribution >= 0.6 is 11.5 Å². The number of nitrogens with one attached hydrogen (secondary N) is 2. The van der Waals surface area contributed by atoms with Gasteiger partial charge in [0.15, 0.2) is 0 Å². The number of benzene rings is 2. The molecule has 0 radical (unpaired) electrons. The Kier molecular flexibility index (Phi) is 7.94. The van der Waals surface area contributed by atoms with E-state index >= 15 is 0 Å². The zero-order chi connectivity index (χ0) is 26.5. The summed E-state index contributed by atoms with van der Waals surface area (Å²) >= 11 is 1.13. The number of carbonyl (C=O) groups is 3. The maximum absolute atomic E-state index is 13.2. The van der Waals surface area contributed by atoms with E-state index in [9.17, 15) is 14.4 Å². The van der Waals surface area contributed by atoms with E-state index in [1.807, 2.05) is 40.1 Å². The number of aryl methyl sites for hydroxylation is 1. The molecule has 2 aliphatic heterocycles. The van der Waals surface area contributed by atoms with Gasteiger partial charge in [0, 0.05) is 63.5 Å². The molecule has 3 heterocycles. The van der Waals surface area contributed by atoms with Crippen LogP contribution in [0.3, 0.4) is 0 Å². The van der Waals surface area contributed by atoms with Crippen LogP contribution in [-0.2, 0) is 0 Å². The predicted octanol–water partition coefficient (Wildman–Crippen LogP) is 2.50. The number of anilines is 2. The number of nitrogens with zero attached hydrogens (tertiary/aromatic N) is 5. The minimum Gasteiger partial charge on any atom is -0.368 e. The van der Waals surface area contributed by atoms with Crippen LogP contribution in [0.5, 0.6) is 0 Å². The normalized spacial score (nSPS) is 16.2. The van der Waals surface area contributed by atoms with Crippen LogP contribution in [0.1, 0.15) is 42.5 Å². The van der Waals surface area contributed by atoms with Crippen molar-refractivity contribution in [3.05, 3.63) is 70.2 Å². The second-order valence-electron chi connectivity index (χ2n) is 9.41. The van der Waals surface area contributed by atoms with Gasteiger partial charge in [0.2, 0.25) is 0 Å². The SMILES string of the molecule is Cc1nnsc1C(=O)N1CCCN(c2ccc(C(=O)N3CCNCC3)cc2NC(=O)c2ccccc2)CC1. The maximum atomic E-state index is 13.2. The van der Waals surface area contributed by atoms with Crippen molar-refractivity contribution in [2.45, 2.75) is 13.3 Å². The molecule has 2 saturated heterocycles. The molecule has 1 aromatic heterocycles. The molecule has 3 aromatic rings. The van der Waals surface area contributed by atoms with E-state index in [0.29, 0.717) is 66.7 Å². The van der Waals surface area contributed by atoms with Gasteiger partial charge < -0.3 is 25.3 Å². The lowest BCUT2D eigenvalue weighted by Crippen LogP contribution is -2.46. The van der Waals surface area contributed by atoms with E-state index in [0.717, 1.165) is 36.7 Å². The lowest BCUT2D eigenvalue weighted by molar-refractivity contribution is 0.0734. The number of carbonyl (C=O) groups excluding carboxylic acids is 3. The number of piperazine rings is 1. The van der Waals surface area contributed by atoms with E-state index in [1.54, 1.807) is 25.1 Å². The summed E-state index contributed by atoms with van der Waals surface area (Å²) in [6.45, 7) is 7.09. The Morgan fingerprint density at radius 3 is 2.37 bits per heavy atom. The first-order chi connectivity index (χ1) is 18.5. The zero-order valence-corrected chi connectivity index (χ0v) is 22.2. The van der Waals surface area contributed by atoms with Gasteiger partial charge in [-0.15, -0.1) is 5.10 Å². The Morgan fingerprint density at radius 1 is 0.868 bits per heavy atom. The van der Waals surface area contributed by atoms with E-state index < -0.39 is 0 Å². The summed E-state index contributed by atoms with van der Waals surface area (Å²) in [5.41, 5.74) is 3.15. The fourth-order valence-electron chi connectivity index (χ4n) is 4.81. The largest absolute Gasteiger partial charge is 0.368 e. The second kappa shape index (κ2) is 11.7. The van der Waals surface area contributed by atoms with Gasteiger partial charge in [-0.25, -0.2) is 0 Å². The second-order valence-corrected chi connectivity index (χ2v) is 10.2. The Balaban J connectivity index is 1.39. The van der Waals surface area contributed by atoms with E-state index in [4.69, 9.17) is 0 Å². The minimum absolute atomic E-state index is 0.0468. The third kappa shape index (κ3) is 5.68. The lowest BCUT2D eigenvalue weighted by atomic mass is 10.1. The molecule has 2 aromatic carbocycles. The van der Waals surface area contributed by atoms with Crippen molar-refractivity contribution < 1.29 is 14.4 Å². The number of rotatable bonds is 5. The third-order valence-corrected chi connectivity index (χ3v) is 7.72. The van der Waals surface area contributed by atoms with Crippen molar-refractivity contribution in [3.63, 3.8) is 0 Å². The van der Waals surface area contributed by atoms with Gasteiger partial charge in [-0.05, 0) is 55.2 Å². The first-order valence-corrected chi connectivity index (χ1v) is 13.6. The first kappa shape index (κ1) is 25.8. The monoisotopic (exact) mass is 533 g/mol. The van der Waals surface area contributed by atoms with Crippen LogP contribution in [0.25, 0.3) is 0 Å². The van der Waals surface area contributed by atoms with Gasteiger partial charge in [0.25, 0.3) is 17.7 Å². The van der Waals surface area contributed by atoms with E-state index in [2.05, 4.69) is 25.1 Å². The standard InChI is InChI=1S/C27H31N7O3S/c1-19-24(38-31-30-19)27(37)33-13-5-12-32(16-17-33)23-9-8-21(26(36)34-14-10-28-11-15-34)18-22(23)29-25(35)20-6-3-2-4-7-20/h2-4,6-9,18,28H,5,10-17H2,1H3,(H,29,35). The van der Waals surface area contributed by atoms with Gasteiger partial charge in [-0.1, -0.05) is 22.7 Å². The highest BCUT2D eigenvalue weighted by Gasteiger charge is 2.26. The molecule has 0 bridgehead atoms. The fourth-order valence-corrected chi connectivity index (χ4v) is 5.44. The van der Waals surface area contributed by atoms with Crippen molar-refractivity contribution in [1.82, 2.24) is 24.7 Å². The molecule has 10 nitrogen and oxygen atoms in total. The van der Waals surface area contributed by atoms with Crippen LogP contribution in [0.2, 0.25) is 0 Å². The summed E-state index contributed by atoms with van der Waals surface area (Å²) in [5, 5.41) is 10.3. The van der Waals surface area contributed by atoms with E-state index in [1.165, 1.54) is 0 Å². The molecule has 0 aliphatic carbocycles. The van der Waals surface area contributed by atoms with Crippen LogP contribution < -0.4 is 15.5 Å². The number of aromatic nitrogens is 2. The smallest absolute Gasteiger partial charge is 0.267 e. The molecule has 0 unspecified atom stereocenters. The summed E-state index contributed by atoms with van der Waals surface area (Å²) in [6.07, 6.45) is 0.768. The number of hydrogen-bond donors (Lipinski definition) is 2. The van der Waals surface area contributed by atoms with Crippen molar-refractivity contribution in [2.24, 2.45) is 0 Å². The molecule has 2 N–H and O–H groups in total. The van der Waals surface area contributed by atoms with Crippen LogP contribution in [0.4, 0.5) is 11.4 Å². The molecular formula is C27H31N7O3S. The quantitative estimate of drug-likeness (QED) is 0.519. The topological polar surface area (TPSA) is 111 Å². The molecule has 3 amide bonds. The van der Waals surface area contributed by atoms with Gasteiger partial charge in [0.1, 0.15) is 4.88 Å². The lowest BCUT2D eigenvalue weighted by Gasteiger charge is -2.29. The van der Waals surface area contributed by atoms with Crippen molar-refractivity contribution in [3.8, 4) is 0 Å². The third-order valence-electron chi connectivity index (χ3n) is 6.90. The molecule has 38 heavy (non-hydrogen) atoms. The molecule has 2 fully saturated rings. The fraction of sp³-hybridized carbons (Fsp3) is 0.370. The molecule has 0 saturated carbocycles. The molecule has 2 aliphatic rings. The Bertz CT molecular complexity index is 1310. The summed E-state index contributed by atoms with van der Waals surface area (Å²) in [6, 6.07) is 14.5. The average Bonchev–Trinajstić information content (AvgIpc) is 3.24. The van der Waals surface area contributed by atoms with E-state index in [-0.39, 0.29) is 17.7 Å². The summed E-state index contributed by atoms with van der Waals surface area (Å²) < 4.78 is 3.90. The zero-order valence-electron chi connectivity index (χ0n) is 21.4. The average molecular weight is 534 g/mol. The molecule has 11 heteroatoms. The first-order valence-electron chi connectivity index (χ1n) is 12.8. The molecular weight excluding hydrogens is 502 g/mol. The predicted molar refractivity (Wildman–Crippen MR) is 147 cm³/mol. The number of hydrogen-bond acceptors (Lipinski definition) is 8. The summed E-state index contributed by atoms with van der Waals surface area (Å²) in [4.78, 5) is 45.8. The minimum atomic E-state index is -0.238. The highest BCUT2D eigenvalue weighted by atomic mass is 32.1. The Hall–Kier alpha value is -3.83. The van der Waals surface area contributed by atoms with Crippen molar-refractivity contribution >= 4 is 40.6 Å². The molecule has 198 valence electrons. The van der Waals surface area contributed by atoms with Crippen LogP contribution in [-0.4, -0.2) is 89.5 Å². The Morgan fingerprint density at radius 2 is 1.63 bits per heavy atom. The Labute approximate surface area is 225 Å². The van der Waals surface area contributed by atoms with Gasteiger partial charge in [-0.2, -0.15) is 0 Å². The highest BCUT2D eigenvalue weighted by Crippen LogP contribution is 2.30. The number of amides is 3. The van der Waals surface area contributed by atoms with Crippen LogP contribution in [0.15, 0.2) is 48.5 Å².